The molecule has 1 aliphatic rings. The van der Waals surface area contributed by atoms with Crippen molar-refractivity contribution in [3.05, 3.63) is 157 Å². The van der Waals surface area contributed by atoms with E-state index in [4.69, 9.17) is 9.72 Å². The van der Waals surface area contributed by atoms with Crippen LogP contribution in [0, 0.1) is 6.33 Å². The highest BCUT2D eigenvalue weighted by Crippen LogP contribution is 2.45. The highest BCUT2D eigenvalue weighted by molar-refractivity contribution is 6.82. The molecule has 3 heterocycles. The van der Waals surface area contributed by atoms with Crippen molar-refractivity contribution in [3.63, 3.8) is 0 Å². The monoisotopic (exact) mass is 639 g/mol. The van der Waals surface area contributed by atoms with Gasteiger partial charge in [0, 0.05) is 11.4 Å². The van der Waals surface area contributed by atoms with Gasteiger partial charge in [-0.25, -0.2) is 4.98 Å². The predicted molar refractivity (Wildman–Crippen MR) is 200 cm³/mol. The maximum atomic E-state index is 6.49. The molecule has 0 atom stereocenters. The number of para-hydroxylation sites is 6. The summed E-state index contributed by atoms with van der Waals surface area (Å²) in [5, 5.41) is 3.83. The van der Waals surface area contributed by atoms with Gasteiger partial charge in [-0.3, -0.25) is 9.13 Å². The number of imidazole rings is 1. The third kappa shape index (κ3) is 5.61. The predicted octanol–water partition coefficient (Wildman–Crippen LogP) is 9.10. The number of aromatic nitrogens is 3. The minimum absolute atomic E-state index is 0.119. The van der Waals surface area contributed by atoms with E-state index in [1.807, 2.05) is 59.2 Å². The minimum Gasteiger partial charge on any atom is -0.440 e. The van der Waals surface area contributed by atoms with Gasteiger partial charge in [0.2, 0.25) is 5.88 Å². The van der Waals surface area contributed by atoms with Gasteiger partial charge >= 0.3 is 6.98 Å². The molecule has 6 nitrogen and oxygen atoms in total. The lowest BCUT2D eigenvalue weighted by molar-refractivity contribution is -0.572. The topological polar surface area (TPSA) is 46.2 Å². The van der Waals surface area contributed by atoms with Crippen LogP contribution in [0.5, 0.6) is 11.6 Å². The quantitative estimate of drug-likeness (QED) is 0.102. The molecule has 7 heteroatoms. The summed E-state index contributed by atoms with van der Waals surface area (Å²) in [4.78, 5) is 7.43. The molecule has 0 radical (unpaired) electrons. The first-order valence-electron chi connectivity index (χ1n) is 17.0. The number of anilines is 3. The number of hydrogen-bond donors (Lipinski definition) is 1. The van der Waals surface area contributed by atoms with Crippen molar-refractivity contribution in [2.24, 2.45) is 0 Å². The van der Waals surface area contributed by atoms with Gasteiger partial charge in [-0.05, 0) is 77.0 Å². The van der Waals surface area contributed by atoms with E-state index in [1.165, 1.54) is 22.5 Å². The molecule has 0 spiro atoms. The Labute approximate surface area is 288 Å². The van der Waals surface area contributed by atoms with E-state index >= 15 is 0 Å². The highest BCUT2D eigenvalue weighted by Gasteiger charge is 2.38. The molecule has 5 aromatic carbocycles. The van der Waals surface area contributed by atoms with Gasteiger partial charge in [0.05, 0.1) is 22.4 Å². The number of ether oxygens (including phenoxy) is 1. The van der Waals surface area contributed by atoms with Crippen LogP contribution in [-0.2, 0) is 0 Å². The maximum Gasteiger partial charge on any atom is 0.413 e. The Morgan fingerprint density at radius 1 is 0.714 bits per heavy atom. The molecule has 0 bridgehead atoms. The largest absolute Gasteiger partial charge is 0.440 e. The van der Waals surface area contributed by atoms with Gasteiger partial charge in [0.15, 0.2) is 5.82 Å². The SMILES string of the molecule is CC(C)c1cccc(C(C)C)c1N1B(c2cccc(Oc3cccc(-n4[c-][n+](-c5ccccc5)c5ccccc54)n3)c2)Nc2ccccc21. The number of fused-ring (bicyclic) bond motifs is 2. The summed E-state index contributed by atoms with van der Waals surface area (Å²) in [6.45, 7) is 8.99. The molecule has 1 aliphatic heterocycles. The molecule has 0 amide bonds. The van der Waals surface area contributed by atoms with Gasteiger partial charge in [-0.2, -0.15) is 0 Å². The first-order chi connectivity index (χ1) is 24.0. The molecule has 0 unspecified atom stereocenters. The van der Waals surface area contributed by atoms with Crippen LogP contribution in [-0.4, -0.2) is 16.5 Å². The minimum atomic E-state index is -0.119. The van der Waals surface area contributed by atoms with Crippen molar-refractivity contribution < 1.29 is 9.30 Å². The molecular weight excluding hydrogens is 601 g/mol. The summed E-state index contributed by atoms with van der Waals surface area (Å²) in [7, 11) is 0. The highest BCUT2D eigenvalue weighted by atomic mass is 16.5. The molecule has 8 rings (SSSR count). The molecule has 2 aromatic heterocycles. The Bertz CT molecular complexity index is 2250. The number of pyridine rings is 1. The summed E-state index contributed by atoms with van der Waals surface area (Å²) in [5.74, 6) is 2.70. The van der Waals surface area contributed by atoms with Gasteiger partial charge in [0.1, 0.15) is 5.75 Å². The summed E-state index contributed by atoms with van der Waals surface area (Å²) < 4.78 is 10.5. The second-order valence-electron chi connectivity index (χ2n) is 13.1. The van der Waals surface area contributed by atoms with Crippen molar-refractivity contribution >= 4 is 40.5 Å². The van der Waals surface area contributed by atoms with Crippen molar-refractivity contribution in [2.75, 3.05) is 10.0 Å². The summed E-state index contributed by atoms with van der Waals surface area (Å²) in [6.07, 6.45) is 3.51. The molecule has 0 fully saturated rings. The van der Waals surface area contributed by atoms with E-state index in [-0.39, 0.29) is 6.98 Å². The number of hydrogen-bond acceptors (Lipinski definition) is 4. The number of benzene rings is 5. The van der Waals surface area contributed by atoms with Crippen LogP contribution in [0.25, 0.3) is 22.5 Å². The van der Waals surface area contributed by atoms with Crippen LogP contribution >= 0.6 is 0 Å². The van der Waals surface area contributed by atoms with Crippen LogP contribution in [0.1, 0.15) is 50.7 Å². The molecule has 0 saturated carbocycles. The van der Waals surface area contributed by atoms with Crippen molar-refractivity contribution in [1.82, 2.24) is 9.55 Å². The van der Waals surface area contributed by atoms with E-state index in [0.717, 1.165) is 39.4 Å². The zero-order chi connectivity index (χ0) is 33.5. The normalized spacial score (nSPS) is 12.5. The number of nitrogens with zero attached hydrogens (tertiary/aromatic N) is 4. The Hall–Kier alpha value is -5.82. The van der Waals surface area contributed by atoms with Crippen LogP contribution in [0.2, 0.25) is 0 Å². The van der Waals surface area contributed by atoms with Gasteiger partial charge in [-0.1, -0.05) is 119 Å². The van der Waals surface area contributed by atoms with Gasteiger partial charge in [0.25, 0.3) is 6.33 Å². The van der Waals surface area contributed by atoms with E-state index in [0.29, 0.717) is 17.7 Å². The molecule has 1 N–H and O–H groups in total. The molecular formula is C42H38BN5O. The lowest BCUT2D eigenvalue weighted by atomic mass is 9.66. The maximum absolute atomic E-state index is 6.49. The molecule has 0 saturated heterocycles. The molecule has 49 heavy (non-hydrogen) atoms. The molecule has 240 valence electrons. The van der Waals surface area contributed by atoms with E-state index in [1.54, 1.807) is 0 Å². The average Bonchev–Trinajstić information content (AvgIpc) is 3.71. The zero-order valence-corrected chi connectivity index (χ0v) is 28.2. The Kier molecular flexibility index (Phi) is 7.88. The molecule has 0 aliphatic carbocycles. The Balaban J connectivity index is 1.15. The van der Waals surface area contributed by atoms with Crippen molar-refractivity contribution in [2.45, 2.75) is 39.5 Å². The zero-order valence-electron chi connectivity index (χ0n) is 28.2. The Morgan fingerprint density at radius 3 is 2.20 bits per heavy atom. The van der Waals surface area contributed by atoms with Gasteiger partial charge < -0.3 is 14.8 Å². The van der Waals surface area contributed by atoms with Crippen LogP contribution in [0.4, 0.5) is 17.1 Å². The van der Waals surface area contributed by atoms with Crippen LogP contribution in [0.15, 0.2) is 140 Å². The second kappa shape index (κ2) is 12.7. The first-order valence-corrected chi connectivity index (χ1v) is 17.0. The van der Waals surface area contributed by atoms with Crippen molar-refractivity contribution in [1.29, 1.82) is 0 Å². The van der Waals surface area contributed by atoms with Crippen LogP contribution < -0.4 is 24.8 Å². The smallest absolute Gasteiger partial charge is 0.413 e. The fourth-order valence-electron chi connectivity index (χ4n) is 6.88. The average molecular weight is 640 g/mol. The fraction of sp³-hybridized carbons (Fsp3) is 0.143. The lowest BCUT2D eigenvalue weighted by Crippen LogP contribution is -2.48. The number of rotatable bonds is 8. The summed E-state index contributed by atoms with van der Waals surface area (Å²) in [6, 6.07) is 48.1. The van der Waals surface area contributed by atoms with E-state index in [2.05, 4.69) is 134 Å². The van der Waals surface area contributed by atoms with Crippen LogP contribution in [0.3, 0.4) is 0 Å². The summed E-state index contributed by atoms with van der Waals surface area (Å²) in [5.41, 5.74) is 10.4. The standard InChI is InChI=1S/C42H38BN5O/c1-29(2)34-19-13-20-35(30(3)4)42(34)48-37-22-9-8-21-36(37)45-43(48)31-15-12-18-33(27-31)49-41-26-14-25-40(44-41)47-28-46(32-16-6-5-7-17-32)38-23-10-11-24-39(38)47/h5-27,29-30,45H,1-4H3. The first kappa shape index (κ1) is 30.5. The third-order valence-electron chi connectivity index (χ3n) is 9.21. The fourth-order valence-corrected chi connectivity index (χ4v) is 6.88. The van der Waals surface area contributed by atoms with E-state index in [9.17, 15) is 0 Å². The molecule has 7 aromatic rings. The number of nitrogens with one attached hydrogen (secondary N) is 1. The van der Waals surface area contributed by atoms with Crippen molar-refractivity contribution in [3.8, 4) is 23.1 Å². The third-order valence-corrected chi connectivity index (χ3v) is 9.21. The van der Waals surface area contributed by atoms with E-state index < -0.39 is 0 Å². The Morgan fingerprint density at radius 2 is 1.41 bits per heavy atom. The second-order valence-corrected chi connectivity index (χ2v) is 13.1. The van der Waals surface area contributed by atoms with Gasteiger partial charge in [-0.15, -0.1) is 0 Å². The summed E-state index contributed by atoms with van der Waals surface area (Å²) >= 11 is 0. The lowest BCUT2D eigenvalue weighted by Gasteiger charge is -2.31.